The molecule has 0 aromatic carbocycles. The molecule has 80 valence electrons. The van der Waals surface area contributed by atoms with Gasteiger partial charge in [0.15, 0.2) is 0 Å². The Labute approximate surface area is 88.4 Å². The lowest BCUT2D eigenvalue weighted by Crippen LogP contribution is -2.22. The van der Waals surface area contributed by atoms with Crippen LogP contribution in [-0.2, 0) is 0 Å². The Bertz CT molecular complexity index is 271. The van der Waals surface area contributed by atoms with E-state index in [1.807, 2.05) is 6.92 Å². The molecule has 0 bridgehead atoms. The number of aliphatic hydroxyl groups is 1. The van der Waals surface area contributed by atoms with Gasteiger partial charge in [0.1, 0.15) is 5.01 Å². The molecule has 1 aromatic heterocycles. The summed E-state index contributed by atoms with van der Waals surface area (Å²) in [6, 6.07) is 0.0861. The fourth-order valence-electron chi connectivity index (χ4n) is 0.978. The van der Waals surface area contributed by atoms with Crippen molar-refractivity contribution in [1.29, 1.82) is 0 Å². The first kappa shape index (κ1) is 11.4. The second-order valence-corrected chi connectivity index (χ2v) is 4.54. The van der Waals surface area contributed by atoms with Gasteiger partial charge in [0, 0.05) is 5.92 Å². The molecule has 14 heavy (non-hydrogen) atoms. The Morgan fingerprint density at radius 2 is 2.14 bits per heavy atom. The van der Waals surface area contributed by atoms with Crippen LogP contribution in [0.2, 0.25) is 0 Å². The number of hydrogen-bond donors (Lipinski definition) is 2. The highest BCUT2D eigenvalue weighted by Crippen LogP contribution is 2.22. The van der Waals surface area contributed by atoms with Gasteiger partial charge in [0.05, 0.1) is 12.6 Å². The third kappa shape index (κ3) is 2.92. The lowest BCUT2D eigenvalue weighted by Gasteiger charge is -2.11. The smallest absolute Gasteiger partial charge is 0.205 e. The summed E-state index contributed by atoms with van der Waals surface area (Å²) in [5, 5.41) is 22.1. The molecule has 2 N–H and O–H groups in total. The van der Waals surface area contributed by atoms with E-state index in [4.69, 9.17) is 5.11 Å². The average Bonchev–Trinajstić information content (AvgIpc) is 2.62. The first-order valence-electron chi connectivity index (χ1n) is 4.88. The van der Waals surface area contributed by atoms with E-state index in [-0.39, 0.29) is 12.6 Å². The van der Waals surface area contributed by atoms with Crippen LogP contribution in [0.4, 0.5) is 5.13 Å². The summed E-state index contributed by atoms with van der Waals surface area (Å²) >= 11 is 1.56. The van der Waals surface area contributed by atoms with Crippen molar-refractivity contribution >= 4 is 16.5 Å². The van der Waals surface area contributed by atoms with Crippen LogP contribution in [0.25, 0.3) is 0 Å². The maximum absolute atomic E-state index is 9.00. The molecule has 0 saturated carbocycles. The number of aromatic nitrogens is 2. The molecule has 1 atom stereocenters. The quantitative estimate of drug-likeness (QED) is 0.787. The lowest BCUT2D eigenvalue weighted by atomic mass is 10.2. The maximum Gasteiger partial charge on any atom is 0.205 e. The molecular weight excluding hydrogens is 198 g/mol. The van der Waals surface area contributed by atoms with Crippen molar-refractivity contribution in [2.24, 2.45) is 0 Å². The SMILES string of the molecule is CC[C@H](CO)Nc1nnc(C(C)C)s1. The van der Waals surface area contributed by atoms with Crippen molar-refractivity contribution in [3.63, 3.8) is 0 Å². The molecule has 0 aliphatic carbocycles. The molecule has 4 nitrogen and oxygen atoms in total. The minimum Gasteiger partial charge on any atom is -0.394 e. The van der Waals surface area contributed by atoms with E-state index in [2.05, 4.69) is 29.4 Å². The van der Waals surface area contributed by atoms with Gasteiger partial charge in [-0.1, -0.05) is 32.1 Å². The average molecular weight is 215 g/mol. The number of nitrogens with zero attached hydrogens (tertiary/aromatic N) is 2. The monoisotopic (exact) mass is 215 g/mol. The fourth-order valence-corrected chi connectivity index (χ4v) is 1.80. The van der Waals surface area contributed by atoms with E-state index in [0.717, 1.165) is 16.6 Å². The highest BCUT2D eigenvalue weighted by molar-refractivity contribution is 7.15. The van der Waals surface area contributed by atoms with Gasteiger partial charge in [-0.25, -0.2) is 0 Å². The van der Waals surface area contributed by atoms with Crippen LogP contribution in [0, 0.1) is 0 Å². The number of nitrogens with one attached hydrogen (secondary N) is 1. The molecule has 0 saturated heterocycles. The van der Waals surface area contributed by atoms with Gasteiger partial charge in [-0.2, -0.15) is 0 Å². The highest BCUT2D eigenvalue weighted by Gasteiger charge is 2.10. The normalized spacial score (nSPS) is 13.2. The van der Waals surface area contributed by atoms with Crippen LogP contribution in [0.5, 0.6) is 0 Å². The molecule has 1 aromatic rings. The zero-order chi connectivity index (χ0) is 10.6. The minimum atomic E-state index is 0.0861. The van der Waals surface area contributed by atoms with Crippen molar-refractivity contribution in [3.8, 4) is 0 Å². The Hall–Kier alpha value is -0.680. The minimum absolute atomic E-state index is 0.0861. The predicted molar refractivity (Wildman–Crippen MR) is 58.8 cm³/mol. The molecule has 1 heterocycles. The first-order valence-corrected chi connectivity index (χ1v) is 5.69. The van der Waals surface area contributed by atoms with E-state index in [0.29, 0.717) is 5.92 Å². The summed E-state index contributed by atoms with van der Waals surface area (Å²) < 4.78 is 0. The van der Waals surface area contributed by atoms with E-state index in [1.54, 1.807) is 11.3 Å². The Balaban J connectivity index is 2.58. The van der Waals surface area contributed by atoms with Crippen molar-refractivity contribution in [2.45, 2.75) is 39.2 Å². The zero-order valence-corrected chi connectivity index (χ0v) is 9.64. The first-order chi connectivity index (χ1) is 6.67. The summed E-state index contributed by atoms with van der Waals surface area (Å²) in [5.74, 6) is 0.414. The standard InChI is InChI=1S/C9H17N3OS/c1-4-7(5-13)10-9-12-11-8(14-9)6(2)3/h6-7,13H,4-5H2,1-3H3,(H,10,12)/t7-/m1/s1. The number of rotatable bonds is 5. The largest absolute Gasteiger partial charge is 0.394 e. The molecule has 1 rings (SSSR count). The van der Waals surface area contributed by atoms with Crippen LogP contribution in [0.15, 0.2) is 0 Å². The van der Waals surface area contributed by atoms with Gasteiger partial charge in [-0.05, 0) is 6.42 Å². The third-order valence-corrected chi connectivity index (χ3v) is 3.13. The van der Waals surface area contributed by atoms with E-state index in [9.17, 15) is 0 Å². The molecule has 0 amide bonds. The van der Waals surface area contributed by atoms with Crippen LogP contribution in [-0.4, -0.2) is 28.0 Å². The van der Waals surface area contributed by atoms with Gasteiger partial charge < -0.3 is 10.4 Å². The van der Waals surface area contributed by atoms with Crippen molar-refractivity contribution < 1.29 is 5.11 Å². The van der Waals surface area contributed by atoms with Crippen LogP contribution in [0.3, 0.4) is 0 Å². The van der Waals surface area contributed by atoms with Crippen molar-refractivity contribution in [2.75, 3.05) is 11.9 Å². The highest BCUT2D eigenvalue weighted by atomic mass is 32.1. The van der Waals surface area contributed by atoms with Crippen LogP contribution >= 0.6 is 11.3 Å². The molecule has 0 spiro atoms. The molecule has 0 aliphatic rings. The summed E-state index contributed by atoms with van der Waals surface area (Å²) in [5.41, 5.74) is 0. The molecule has 0 fully saturated rings. The Morgan fingerprint density at radius 1 is 1.43 bits per heavy atom. The molecule has 0 unspecified atom stereocenters. The summed E-state index contributed by atoms with van der Waals surface area (Å²) in [6.07, 6.45) is 0.882. The molecule has 0 radical (unpaired) electrons. The molecular formula is C9H17N3OS. The lowest BCUT2D eigenvalue weighted by molar-refractivity contribution is 0.272. The van der Waals surface area contributed by atoms with Crippen molar-refractivity contribution in [3.05, 3.63) is 5.01 Å². The van der Waals surface area contributed by atoms with E-state index >= 15 is 0 Å². The summed E-state index contributed by atoms with van der Waals surface area (Å²) in [4.78, 5) is 0. The second kappa shape index (κ2) is 5.26. The molecule has 5 heteroatoms. The van der Waals surface area contributed by atoms with E-state index in [1.165, 1.54) is 0 Å². The second-order valence-electron chi connectivity index (χ2n) is 3.53. The Morgan fingerprint density at radius 3 is 2.57 bits per heavy atom. The predicted octanol–water partition coefficient (Wildman–Crippen LogP) is 1.84. The topological polar surface area (TPSA) is 58.0 Å². The zero-order valence-electron chi connectivity index (χ0n) is 8.82. The van der Waals surface area contributed by atoms with Crippen LogP contribution < -0.4 is 5.32 Å². The number of anilines is 1. The Kier molecular flexibility index (Phi) is 4.28. The van der Waals surface area contributed by atoms with Crippen LogP contribution in [0.1, 0.15) is 38.1 Å². The van der Waals surface area contributed by atoms with E-state index < -0.39 is 0 Å². The summed E-state index contributed by atoms with van der Waals surface area (Å²) in [6.45, 7) is 6.34. The number of aliphatic hydroxyl groups excluding tert-OH is 1. The fraction of sp³-hybridized carbons (Fsp3) is 0.778. The van der Waals surface area contributed by atoms with Gasteiger partial charge in [0.2, 0.25) is 5.13 Å². The van der Waals surface area contributed by atoms with Gasteiger partial charge in [0.25, 0.3) is 0 Å². The summed E-state index contributed by atoms with van der Waals surface area (Å²) in [7, 11) is 0. The van der Waals surface area contributed by atoms with Gasteiger partial charge >= 0.3 is 0 Å². The van der Waals surface area contributed by atoms with Gasteiger partial charge in [-0.3, -0.25) is 0 Å². The maximum atomic E-state index is 9.00. The van der Waals surface area contributed by atoms with Crippen molar-refractivity contribution in [1.82, 2.24) is 10.2 Å². The van der Waals surface area contributed by atoms with Gasteiger partial charge in [-0.15, -0.1) is 10.2 Å². The molecule has 0 aliphatic heterocycles. The third-order valence-electron chi connectivity index (χ3n) is 1.98. The number of hydrogen-bond acceptors (Lipinski definition) is 5.